The van der Waals surface area contributed by atoms with Gasteiger partial charge in [0.2, 0.25) is 0 Å². The lowest BCUT2D eigenvalue weighted by atomic mass is 10.1. The molecule has 1 heterocycles. The average molecular weight is 329 g/mol. The molecule has 1 aromatic carbocycles. The van der Waals surface area contributed by atoms with Gasteiger partial charge in [0, 0.05) is 36.2 Å². The van der Waals surface area contributed by atoms with Crippen LogP contribution in [0, 0.1) is 17.7 Å². The standard InChI is InChI=1S/C19H24FNOSi/c1-19(2,3)23(4,5)22-11-7-6-8-15-13-21-14-16-12-17(20)9-10-18(15)16/h9-10,12-14H,7,11H2,1-5H3. The van der Waals surface area contributed by atoms with E-state index in [-0.39, 0.29) is 10.9 Å². The van der Waals surface area contributed by atoms with Crippen molar-refractivity contribution < 1.29 is 8.82 Å². The summed E-state index contributed by atoms with van der Waals surface area (Å²) in [5.41, 5.74) is 0.829. The summed E-state index contributed by atoms with van der Waals surface area (Å²) in [5, 5.41) is 1.91. The molecule has 0 fully saturated rings. The smallest absolute Gasteiger partial charge is 0.192 e. The fourth-order valence-electron chi connectivity index (χ4n) is 1.98. The first-order valence-electron chi connectivity index (χ1n) is 7.87. The first-order valence-corrected chi connectivity index (χ1v) is 10.8. The lowest BCUT2D eigenvalue weighted by Crippen LogP contribution is -2.40. The first-order chi connectivity index (χ1) is 10.7. The van der Waals surface area contributed by atoms with Crippen LogP contribution < -0.4 is 0 Å². The molecule has 2 nitrogen and oxygen atoms in total. The van der Waals surface area contributed by atoms with Crippen molar-refractivity contribution >= 4 is 19.1 Å². The minimum atomic E-state index is -1.71. The van der Waals surface area contributed by atoms with Crippen molar-refractivity contribution in [1.82, 2.24) is 4.98 Å². The van der Waals surface area contributed by atoms with E-state index in [4.69, 9.17) is 4.43 Å². The summed E-state index contributed by atoms with van der Waals surface area (Å²) in [6, 6.07) is 4.69. The molecule has 23 heavy (non-hydrogen) atoms. The maximum Gasteiger partial charge on any atom is 0.192 e. The van der Waals surface area contributed by atoms with Gasteiger partial charge in [-0.25, -0.2) is 4.39 Å². The molecule has 2 rings (SSSR count). The fraction of sp³-hybridized carbons (Fsp3) is 0.421. The SMILES string of the molecule is CC(C)(C)[Si](C)(C)OCCC#Cc1cncc2cc(F)ccc12. The molecular weight excluding hydrogens is 305 g/mol. The van der Waals surface area contributed by atoms with E-state index in [2.05, 4.69) is 50.7 Å². The topological polar surface area (TPSA) is 22.1 Å². The van der Waals surface area contributed by atoms with Gasteiger partial charge >= 0.3 is 0 Å². The van der Waals surface area contributed by atoms with Crippen molar-refractivity contribution in [2.24, 2.45) is 0 Å². The van der Waals surface area contributed by atoms with Gasteiger partial charge in [-0.3, -0.25) is 4.98 Å². The normalized spacial score (nSPS) is 12.1. The zero-order valence-electron chi connectivity index (χ0n) is 14.5. The summed E-state index contributed by atoms with van der Waals surface area (Å²) >= 11 is 0. The Kier molecular flexibility index (Phi) is 5.23. The number of rotatable bonds is 3. The van der Waals surface area contributed by atoms with E-state index < -0.39 is 8.32 Å². The van der Waals surface area contributed by atoms with Gasteiger partial charge < -0.3 is 4.43 Å². The maximum atomic E-state index is 13.3. The summed E-state index contributed by atoms with van der Waals surface area (Å²) in [4.78, 5) is 4.13. The second kappa shape index (κ2) is 6.82. The van der Waals surface area contributed by atoms with Crippen LogP contribution in [0.5, 0.6) is 0 Å². The summed E-state index contributed by atoms with van der Waals surface area (Å²) in [6.07, 6.45) is 4.07. The molecule has 0 unspecified atom stereocenters. The van der Waals surface area contributed by atoms with Gasteiger partial charge in [-0.15, -0.1) is 0 Å². The van der Waals surface area contributed by atoms with Crippen LogP contribution in [0.4, 0.5) is 4.39 Å². The van der Waals surface area contributed by atoms with Crippen LogP contribution in [-0.2, 0) is 4.43 Å². The molecule has 0 amide bonds. The number of nitrogens with zero attached hydrogens (tertiary/aromatic N) is 1. The van der Waals surface area contributed by atoms with Gasteiger partial charge in [-0.2, -0.15) is 0 Å². The van der Waals surface area contributed by atoms with Crippen molar-refractivity contribution in [3.63, 3.8) is 0 Å². The molecular formula is C19H24FNOSi. The quantitative estimate of drug-likeness (QED) is 0.442. The number of pyridine rings is 1. The molecule has 0 aliphatic carbocycles. The highest BCUT2D eigenvalue weighted by Gasteiger charge is 2.36. The van der Waals surface area contributed by atoms with Crippen LogP contribution in [0.3, 0.4) is 0 Å². The molecule has 0 aliphatic heterocycles. The average Bonchev–Trinajstić information content (AvgIpc) is 2.45. The maximum absolute atomic E-state index is 13.3. The Morgan fingerprint density at radius 3 is 2.65 bits per heavy atom. The lowest BCUT2D eigenvalue weighted by Gasteiger charge is -2.35. The van der Waals surface area contributed by atoms with Gasteiger partial charge in [0.1, 0.15) is 5.82 Å². The second-order valence-electron chi connectivity index (χ2n) is 7.21. The Morgan fingerprint density at radius 2 is 1.96 bits per heavy atom. The molecule has 0 atom stereocenters. The Labute approximate surface area is 139 Å². The molecule has 0 N–H and O–H groups in total. The first kappa shape index (κ1) is 17.6. The summed E-state index contributed by atoms with van der Waals surface area (Å²) in [6.45, 7) is 11.8. The van der Waals surface area contributed by atoms with E-state index in [0.29, 0.717) is 13.0 Å². The Bertz CT molecular complexity index is 753. The molecule has 1 aromatic heterocycles. The summed E-state index contributed by atoms with van der Waals surface area (Å²) < 4.78 is 19.4. The molecule has 0 radical (unpaired) electrons. The van der Waals surface area contributed by atoms with E-state index >= 15 is 0 Å². The second-order valence-corrected chi connectivity index (χ2v) is 12.0. The van der Waals surface area contributed by atoms with E-state index in [9.17, 15) is 4.39 Å². The molecule has 0 aliphatic rings. The van der Waals surface area contributed by atoms with E-state index in [1.165, 1.54) is 12.1 Å². The molecule has 0 bridgehead atoms. The minimum Gasteiger partial charge on any atom is -0.416 e. The minimum absolute atomic E-state index is 0.212. The zero-order valence-corrected chi connectivity index (χ0v) is 15.5. The Morgan fingerprint density at radius 1 is 1.22 bits per heavy atom. The highest BCUT2D eigenvalue weighted by Crippen LogP contribution is 2.36. The zero-order chi connectivity index (χ0) is 17.1. The number of halogens is 1. The van der Waals surface area contributed by atoms with Crippen molar-refractivity contribution in [2.45, 2.75) is 45.3 Å². The monoisotopic (exact) mass is 329 g/mol. The highest BCUT2D eigenvalue weighted by molar-refractivity contribution is 6.74. The van der Waals surface area contributed by atoms with Crippen LogP contribution in [0.1, 0.15) is 32.8 Å². The van der Waals surface area contributed by atoms with E-state index in [0.717, 1.165) is 16.3 Å². The third-order valence-electron chi connectivity index (χ3n) is 4.44. The molecule has 4 heteroatoms. The number of hydrogen-bond acceptors (Lipinski definition) is 2. The summed E-state index contributed by atoms with van der Waals surface area (Å²) in [7, 11) is -1.71. The summed E-state index contributed by atoms with van der Waals surface area (Å²) in [5.74, 6) is 6.02. The predicted molar refractivity (Wildman–Crippen MR) is 96.3 cm³/mol. The molecule has 0 saturated carbocycles. The largest absolute Gasteiger partial charge is 0.416 e. The number of aromatic nitrogens is 1. The Hall–Kier alpha value is -1.70. The van der Waals surface area contributed by atoms with Crippen molar-refractivity contribution in [3.8, 4) is 11.8 Å². The van der Waals surface area contributed by atoms with Gasteiger partial charge in [-0.05, 0) is 30.3 Å². The fourth-order valence-corrected chi connectivity index (χ4v) is 3.02. The third kappa shape index (κ3) is 4.40. The van der Waals surface area contributed by atoms with Crippen molar-refractivity contribution in [2.75, 3.05) is 6.61 Å². The van der Waals surface area contributed by atoms with Gasteiger partial charge in [-0.1, -0.05) is 38.7 Å². The van der Waals surface area contributed by atoms with E-state index in [1.54, 1.807) is 18.5 Å². The van der Waals surface area contributed by atoms with Crippen LogP contribution >= 0.6 is 0 Å². The number of fused-ring (bicyclic) bond motifs is 1. The van der Waals surface area contributed by atoms with Gasteiger partial charge in [0.15, 0.2) is 8.32 Å². The van der Waals surface area contributed by atoms with Gasteiger partial charge in [0.05, 0.1) is 5.56 Å². The molecule has 0 saturated heterocycles. The van der Waals surface area contributed by atoms with Crippen LogP contribution in [-0.4, -0.2) is 19.9 Å². The predicted octanol–water partition coefficient (Wildman–Crippen LogP) is 5.14. The van der Waals surface area contributed by atoms with Crippen LogP contribution in [0.15, 0.2) is 30.6 Å². The molecule has 2 aromatic rings. The molecule has 122 valence electrons. The number of hydrogen-bond donors (Lipinski definition) is 0. The third-order valence-corrected chi connectivity index (χ3v) is 8.98. The van der Waals surface area contributed by atoms with Crippen molar-refractivity contribution in [1.29, 1.82) is 0 Å². The Balaban J connectivity index is 2.04. The highest BCUT2D eigenvalue weighted by atomic mass is 28.4. The van der Waals surface area contributed by atoms with E-state index in [1.807, 2.05) is 0 Å². The van der Waals surface area contributed by atoms with Gasteiger partial charge in [0.25, 0.3) is 0 Å². The van der Waals surface area contributed by atoms with Crippen LogP contribution in [0.25, 0.3) is 10.8 Å². The van der Waals surface area contributed by atoms with Crippen LogP contribution in [0.2, 0.25) is 18.1 Å². The lowest BCUT2D eigenvalue weighted by molar-refractivity contribution is 0.296. The van der Waals surface area contributed by atoms with Crippen molar-refractivity contribution in [3.05, 3.63) is 42.0 Å². The number of benzene rings is 1. The molecule has 0 spiro atoms.